The van der Waals surface area contributed by atoms with Crippen LogP contribution in [0, 0.1) is 23.2 Å². The second-order valence-electron chi connectivity index (χ2n) is 9.30. The molecule has 0 unspecified atom stereocenters. The molecule has 30 heavy (non-hydrogen) atoms. The molecule has 0 atom stereocenters. The van der Waals surface area contributed by atoms with Crippen LogP contribution in [0.1, 0.15) is 55.3 Å². The summed E-state index contributed by atoms with van der Waals surface area (Å²) in [6.45, 7) is 4.26. The van der Waals surface area contributed by atoms with Gasteiger partial charge < -0.3 is 16.0 Å². The van der Waals surface area contributed by atoms with E-state index >= 15 is 0 Å². The Morgan fingerprint density at radius 1 is 1.00 bits per heavy atom. The first-order chi connectivity index (χ1) is 14.5. The van der Waals surface area contributed by atoms with Gasteiger partial charge in [0.25, 0.3) is 5.91 Å². The summed E-state index contributed by atoms with van der Waals surface area (Å²) in [6, 6.07) is 6.90. The van der Waals surface area contributed by atoms with Gasteiger partial charge in [0.2, 0.25) is 11.8 Å². The average Bonchev–Trinajstić information content (AvgIpc) is 2.71. The average molecular weight is 410 g/mol. The maximum atomic E-state index is 13.0. The molecular formula is C24H31N3O3. The zero-order valence-corrected chi connectivity index (χ0v) is 17.4. The normalized spacial score (nSPS) is 28.6. The van der Waals surface area contributed by atoms with Crippen LogP contribution >= 0.6 is 0 Å². The maximum absolute atomic E-state index is 13.0. The number of benzene rings is 1. The second-order valence-corrected chi connectivity index (χ2v) is 9.30. The molecule has 4 aliphatic rings. The smallest absolute Gasteiger partial charge is 0.253 e. The number of rotatable bonds is 8. The lowest BCUT2D eigenvalue weighted by Gasteiger charge is -2.55. The molecule has 4 bridgehead atoms. The lowest BCUT2D eigenvalue weighted by atomic mass is 9.49. The zero-order valence-electron chi connectivity index (χ0n) is 17.4. The van der Waals surface area contributed by atoms with Gasteiger partial charge in [-0.25, -0.2) is 0 Å². The molecule has 160 valence electrons. The quantitative estimate of drug-likeness (QED) is 0.576. The molecule has 4 saturated carbocycles. The Bertz CT molecular complexity index is 813. The molecule has 1 aromatic rings. The van der Waals surface area contributed by atoms with E-state index in [1.54, 1.807) is 30.3 Å². The number of hydrogen-bond acceptors (Lipinski definition) is 3. The van der Waals surface area contributed by atoms with E-state index in [-0.39, 0.29) is 29.6 Å². The summed E-state index contributed by atoms with van der Waals surface area (Å²) in [5.74, 6) is 1.81. The molecule has 0 spiro atoms. The molecule has 0 aromatic heterocycles. The zero-order chi connectivity index (χ0) is 21.1. The molecule has 1 aromatic carbocycles. The van der Waals surface area contributed by atoms with Gasteiger partial charge in [0, 0.05) is 24.9 Å². The third-order valence-electron chi connectivity index (χ3n) is 7.01. The van der Waals surface area contributed by atoms with Crippen molar-refractivity contribution in [3.05, 3.63) is 42.5 Å². The van der Waals surface area contributed by atoms with Crippen molar-refractivity contribution in [2.75, 3.05) is 18.4 Å². The number of amides is 3. The molecule has 0 radical (unpaired) electrons. The maximum Gasteiger partial charge on any atom is 0.253 e. The molecule has 4 aliphatic carbocycles. The van der Waals surface area contributed by atoms with Crippen molar-refractivity contribution in [2.45, 2.75) is 44.9 Å². The number of carbonyl (C=O) groups excluding carboxylic acids is 3. The first kappa shape index (κ1) is 20.6. The van der Waals surface area contributed by atoms with Gasteiger partial charge >= 0.3 is 0 Å². The Hall–Kier alpha value is -2.63. The molecular weight excluding hydrogens is 378 g/mol. The molecule has 4 fully saturated rings. The van der Waals surface area contributed by atoms with Gasteiger partial charge in [0.1, 0.15) is 0 Å². The molecule has 3 N–H and O–H groups in total. The van der Waals surface area contributed by atoms with E-state index < -0.39 is 0 Å². The highest BCUT2D eigenvalue weighted by molar-refractivity contribution is 6.03. The number of para-hydroxylation sites is 1. The third-order valence-corrected chi connectivity index (χ3v) is 7.01. The van der Waals surface area contributed by atoms with E-state index in [2.05, 4.69) is 22.5 Å². The Morgan fingerprint density at radius 2 is 1.63 bits per heavy atom. The van der Waals surface area contributed by atoms with E-state index in [9.17, 15) is 14.4 Å². The number of nitrogens with one attached hydrogen (secondary N) is 3. The van der Waals surface area contributed by atoms with Crippen LogP contribution in [-0.2, 0) is 9.59 Å². The molecule has 6 nitrogen and oxygen atoms in total. The highest BCUT2D eigenvalue weighted by atomic mass is 16.2. The van der Waals surface area contributed by atoms with Crippen molar-refractivity contribution >= 4 is 23.4 Å². The monoisotopic (exact) mass is 409 g/mol. The summed E-state index contributed by atoms with van der Waals surface area (Å²) >= 11 is 0. The Labute approximate surface area is 177 Å². The largest absolute Gasteiger partial charge is 0.355 e. The summed E-state index contributed by atoms with van der Waals surface area (Å²) in [5, 5.41) is 8.55. The predicted octanol–water partition coefficient (Wildman–Crippen LogP) is 3.26. The van der Waals surface area contributed by atoms with Crippen LogP contribution in [-0.4, -0.2) is 30.8 Å². The molecule has 5 rings (SSSR count). The fraction of sp³-hybridized carbons (Fsp3) is 0.542. The fourth-order valence-corrected chi connectivity index (χ4v) is 6.13. The number of carbonyl (C=O) groups is 3. The first-order valence-corrected chi connectivity index (χ1v) is 11.1. The van der Waals surface area contributed by atoms with Crippen molar-refractivity contribution < 1.29 is 14.4 Å². The predicted molar refractivity (Wildman–Crippen MR) is 116 cm³/mol. The van der Waals surface area contributed by atoms with Crippen molar-refractivity contribution in [3.8, 4) is 0 Å². The van der Waals surface area contributed by atoms with E-state index in [4.69, 9.17) is 0 Å². The van der Waals surface area contributed by atoms with E-state index in [0.29, 0.717) is 42.1 Å². The van der Waals surface area contributed by atoms with Crippen molar-refractivity contribution in [1.82, 2.24) is 10.6 Å². The van der Waals surface area contributed by atoms with E-state index in [1.807, 2.05) is 0 Å². The van der Waals surface area contributed by atoms with Gasteiger partial charge in [-0.1, -0.05) is 18.2 Å². The van der Waals surface area contributed by atoms with Gasteiger partial charge in [-0.05, 0) is 68.4 Å². The summed E-state index contributed by atoms with van der Waals surface area (Å²) in [4.78, 5) is 37.6. The van der Waals surface area contributed by atoms with Crippen molar-refractivity contribution in [2.24, 2.45) is 23.2 Å². The van der Waals surface area contributed by atoms with Crippen LogP contribution < -0.4 is 16.0 Å². The standard InChI is InChI=1S/C24H31N3O3/c1-2-8-25-22(29)19-5-3-4-6-20(19)27-21(28)7-9-26-23(30)24-13-16-10-17(14-24)12-18(11-16)15-24/h2-6,16-18H,1,7-15H2,(H,25,29)(H,26,30)(H,27,28). The molecule has 0 heterocycles. The van der Waals surface area contributed by atoms with Gasteiger partial charge in [-0.2, -0.15) is 0 Å². The van der Waals surface area contributed by atoms with E-state index in [0.717, 1.165) is 19.3 Å². The summed E-state index contributed by atoms with van der Waals surface area (Å²) in [7, 11) is 0. The minimum Gasteiger partial charge on any atom is -0.355 e. The molecule has 0 saturated heterocycles. The second kappa shape index (κ2) is 8.62. The Balaban J connectivity index is 1.28. The first-order valence-electron chi connectivity index (χ1n) is 11.1. The lowest BCUT2D eigenvalue weighted by molar-refractivity contribution is -0.146. The summed E-state index contributed by atoms with van der Waals surface area (Å²) in [6.07, 6.45) is 8.74. The highest BCUT2D eigenvalue weighted by Gasteiger charge is 2.54. The van der Waals surface area contributed by atoms with Gasteiger partial charge in [0.05, 0.1) is 11.3 Å². The van der Waals surface area contributed by atoms with Crippen LogP contribution in [0.4, 0.5) is 5.69 Å². The Kier molecular flexibility index (Phi) is 5.93. The highest BCUT2D eigenvalue weighted by Crippen LogP contribution is 2.60. The lowest BCUT2D eigenvalue weighted by Crippen LogP contribution is -2.53. The van der Waals surface area contributed by atoms with Crippen LogP contribution in [0.3, 0.4) is 0 Å². The third kappa shape index (κ3) is 4.27. The van der Waals surface area contributed by atoms with Gasteiger partial charge in [-0.15, -0.1) is 6.58 Å². The van der Waals surface area contributed by atoms with Crippen LogP contribution in [0.5, 0.6) is 0 Å². The SMILES string of the molecule is C=CCNC(=O)c1ccccc1NC(=O)CCNC(=O)C12CC3CC(CC(C3)C1)C2. The minimum atomic E-state index is -0.263. The Morgan fingerprint density at radius 3 is 2.27 bits per heavy atom. The topological polar surface area (TPSA) is 87.3 Å². The van der Waals surface area contributed by atoms with Crippen molar-refractivity contribution in [3.63, 3.8) is 0 Å². The molecule has 3 amide bonds. The van der Waals surface area contributed by atoms with Crippen LogP contribution in [0.15, 0.2) is 36.9 Å². The van der Waals surface area contributed by atoms with Crippen molar-refractivity contribution in [1.29, 1.82) is 0 Å². The van der Waals surface area contributed by atoms with Crippen LogP contribution in [0.25, 0.3) is 0 Å². The summed E-state index contributed by atoms with van der Waals surface area (Å²) < 4.78 is 0. The number of hydrogen-bond donors (Lipinski definition) is 3. The number of anilines is 1. The van der Waals surface area contributed by atoms with E-state index in [1.165, 1.54) is 19.3 Å². The molecule has 0 aliphatic heterocycles. The molecule has 6 heteroatoms. The van der Waals surface area contributed by atoms with Gasteiger partial charge in [0.15, 0.2) is 0 Å². The fourth-order valence-electron chi connectivity index (χ4n) is 6.13. The van der Waals surface area contributed by atoms with Crippen LogP contribution in [0.2, 0.25) is 0 Å². The summed E-state index contributed by atoms with van der Waals surface area (Å²) in [5.41, 5.74) is 0.683. The minimum absolute atomic E-state index is 0.138. The van der Waals surface area contributed by atoms with Gasteiger partial charge in [-0.3, -0.25) is 14.4 Å².